The summed E-state index contributed by atoms with van der Waals surface area (Å²) in [4.78, 5) is 6.44. The maximum absolute atomic E-state index is 7.40. The van der Waals surface area contributed by atoms with Crippen LogP contribution in [0, 0.1) is 11.3 Å². The van der Waals surface area contributed by atoms with Gasteiger partial charge < -0.3 is 10.6 Å². The molecule has 3 N–H and O–H groups in total. The Kier molecular flexibility index (Phi) is 4.73. The standard InChI is InChI=1S/C11H17BrN4/c1-3-16(7-8(2)10(13)14)11-9(12)5-4-6-15-11/h4-6,8H,3,7H2,1-2H3,(H3,13,14). The number of nitrogens with one attached hydrogen (secondary N) is 1. The van der Waals surface area contributed by atoms with Gasteiger partial charge in [0.15, 0.2) is 0 Å². The van der Waals surface area contributed by atoms with Crippen molar-refractivity contribution in [3.05, 3.63) is 22.8 Å². The number of rotatable bonds is 5. The second-order valence-electron chi connectivity index (χ2n) is 3.70. The predicted molar refractivity (Wildman–Crippen MR) is 70.9 cm³/mol. The molecule has 0 aliphatic rings. The summed E-state index contributed by atoms with van der Waals surface area (Å²) >= 11 is 3.48. The molecule has 1 aromatic heterocycles. The topological polar surface area (TPSA) is 66.0 Å². The number of hydrogen-bond donors (Lipinski definition) is 2. The fraction of sp³-hybridized carbons (Fsp3) is 0.455. The van der Waals surface area contributed by atoms with Crippen LogP contribution in [0.5, 0.6) is 0 Å². The number of nitrogens with zero attached hydrogens (tertiary/aromatic N) is 2. The molecule has 4 nitrogen and oxygen atoms in total. The minimum Gasteiger partial charge on any atom is -0.387 e. The van der Waals surface area contributed by atoms with E-state index in [1.807, 2.05) is 19.1 Å². The van der Waals surface area contributed by atoms with E-state index in [1.165, 1.54) is 0 Å². The number of anilines is 1. The molecule has 0 spiro atoms. The van der Waals surface area contributed by atoms with E-state index >= 15 is 0 Å². The first kappa shape index (κ1) is 13.0. The molecular formula is C11H17BrN4. The van der Waals surface area contributed by atoms with Gasteiger partial charge in [-0.15, -0.1) is 0 Å². The van der Waals surface area contributed by atoms with Crippen LogP contribution in [0.1, 0.15) is 13.8 Å². The second kappa shape index (κ2) is 5.84. The molecule has 0 aromatic carbocycles. The highest BCUT2D eigenvalue weighted by molar-refractivity contribution is 9.10. The highest BCUT2D eigenvalue weighted by Crippen LogP contribution is 2.23. The van der Waals surface area contributed by atoms with Crippen LogP contribution in [0.3, 0.4) is 0 Å². The maximum atomic E-state index is 7.40. The molecule has 0 fully saturated rings. The molecule has 1 unspecified atom stereocenters. The molecule has 0 amide bonds. The average Bonchev–Trinajstić information content (AvgIpc) is 2.26. The quantitative estimate of drug-likeness (QED) is 0.644. The van der Waals surface area contributed by atoms with Crippen LogP contribution in [0.25, 0.3) is 0 Å². The van der Waals surface area contributed by atoms with E-state index in [0.717, 1.165) is 16.8 Å². The van der Waals surface area contributed by atoms with Crippen LogP contribution in [-0.4, -0.2) is 23.9 Å². The van der Waals surface area contributed by atoms with Gasteiger partial charge in [-0.3, -0.25) is 5.41 Å². The normalized spacial score (nSPS) is 12.2. The van der Waals surface area contributed by atoms with Gasteiger partial charge in [0.05, 0.1) is 10.3 Å². The third kappa shape index (κ3) is 3.20. The lowest BCUT2D eigenvalue weighted by Crippen LogP contribution is -2.35. The van der Waals surface area contributed by atoms with E-state index in [9.17, 15) is 0 Å². The largest absolute Gasteiger partial charge is 0.387 e. The maximum Gasteiger partial charge on any atom is 0.142 e. The Hall–Kier alpha value is -1.10. The molecule has 0 saturated carbocycles. The van der Waals surface area contributed by atoms with Gasteiger partial charge in [-0.2, -0.15) is 0 Å². The molecule has 1 aromatic rings. The van der Waals surface area contributed by atoms with Crippen molar-refractivity contribution < 1.29 is 0 Å². The molecule has 0 saturated heterocycles. The Labute approximate surface area is 104 Å². The molecule has 0 radical (unpaired) electrons. The molecular weight excluding hydrogens is 268 g/mol. The van der Waals surface area contributed by atoms with Gasteiger partial charge in [0.25, 0.3) is 0 Å². The molecule has 16 heavy (non-hydrogen) atoms. The highest BCUT2D eigenvalue weighted by Gasteiger charge is 2.14. The Bertz CT molecular complexity index is 367. The molecule has 88 valence electrons. The first-order valence-electron chi connectivity index (χ1n) is 5.25. The molecule has 1 rings (SSSR count). The third-order valence-corrected chi connectivity index (χ3v) is 3.06. The number of pyridine rings is 1. The Balaban J connectivity index is 2.83. The van der Waals surface area contributed by atoms with E-state index in [1.54, 1.807) is 6.20 Å². The number of halogens is 1. The van der Waals surface area contributed by atoms with E-state index < -0.39 is 0 Å². The fourth-order valence-corrected chi connectivity index (χ4v) is 1.91. The zero-order valence-corrected chi connectivity index (χ0v) is 11.2. The monoisotopic (exact) mass is 284 g/mol. The number of amidine groups is 1. The smallest absolute Gasteiger partial charge is 0.142 e. The lowest BCUT2D eigenvalue weighted by molar-refractivity contribution is 0.689. The summed E-state index contributed by atoms with van der Waals surface area (Å²) in [6.07, 6.45) is 1.77. The number of nitrogens with two attached hydrogens (primary N) is 1. The van der Waals surface area contributed by atoms with Crippen LogP contribution in [0.4, 0.5) is 5.82 Å². The first-order valence-corrected chi connectivity index (χ1v) is 6.05. The zero-order chi connectivity index (χ0) is 12.1. The highest BCUT2D eigenvalue weighted by atomic mass is 79.9. The molecule has 0 aliphatic carbocycles. The Morgan fingerprint density at radius 1 is 1.69 bits per heavy atom. The van der Waals surface area contributed by atoms with Crippen molar-refractivity contribution in [2.45, 2.75) is 13.8 Å². The van der Waals surface area contributed by atoms with Crippen molar-refractivity contribution in [3.63, 3.8) is 0 Å². The van der Waals surface area contributed by atoms with Crippen molar-refractivity contribution in [2.24, 2.45) is 11.7 Å². The summed E-state index contributed by atoms with van der Waals surface area (Å²) in [5.74, 6) is 1.15. The summed E-state index contributed by atoms with van der Waals surface area (Å²) in [5.41, 5.74) is 5.48. The summed E-state index contributed by atoms with van der Waals surface area (Å²) in [5, 5.41) is 7.40. The lowest BCUT2D eigenvalue weighted by atomic mass is 10.1. The van der Waals surface area contributed by atoms with Gasteiger partial charge in [0.2, 0.25) is 0 Å². The summed E-state index contributed by atoms with van der Waals surface area (Å²) in [7, 11) is 0. The molecule has 0 bridgehead atoms. The predicted octanol–water partition coefficient (Wildman–Crippen LogP) is 2.24. The van der Waals surface area contributed by atoms with Gasteiger partial charge in [-0.25, -0.2) is 4.98 Å². The average molecular weight is 285 g/mol. The van der Waals surface area contributed by atoms with Crippen molar-refractivity contribution in [2.75, 3.05) is 18.0 Å². The first-order chi connectivity index (χ1) is 7.56. The molecule has 1 atom stereocenters. The summed E-state index contributed by atoms with van der Waals surface area (Å²) in [6, 6.07) is 3.85. The van der Waals surface area contributed by atoms with Crippen molar-refractivity contribution in [3.8, 4) is 0 Å². The lowest BCUT2D eigenvalue weighted by Gasteiger charge is -2.25. The van der Waals surface area contributed by atoms with Crippen LogP contribution in [0.2, 0.25) is 0 Å². The summed E-state index contributed by atoms with van der Waals surface area (Å²) in [6.45, 7) is 5.56. The number of aromatic nitrogens is 1. The second-order valence-corrected chi connectivity index (χ2v) is 4.56. The zero-order valence-electron chi connectivity index (χ0n) is 9.57. The van der Waals surface area contributed by atoms with Crippen molar-refractivity contribution in [1.29, 1.82) is 5.41 Å². The van der Waals surface area contributed by atoms with Crippen molar-refractivity contribution >= 4 is 27.6 Å². The summed E-state index contributed by atoms with van der Waals surface area (Å²) < 4.78 is 0.965. The number of hydrogen-bond acceptors (Lipinski definition) is 3. The van der Waals surface area contributed by atoms with Gasteiger partial charge in [0, 0.05) is 25.2 Å². The van der Waals surface area contributed by atoms with Crippen molar-refractivity contribution in [1.82, 2.24) is 4.98 Å². The minimum absolute atomic E-state index is 0.0360. The van der Waals surface area contributed by atoms with E-state index in [0.29, 0.717) is 6.54 Å². The molecule has 0 aliphatic heterocycles. The fourth-order valence-electron chi connectivity index (χ4n) is 1.40. The Morgan fingerprint density at radius 2 is 2.38 bits per heavy atom. The van der Waals surface area contributed by atoms with Crippen LogP contribution < -0.4 is 10.6 Å². The van der Waals surface area contributed by atoms with Gasteiger partial charge in [0.1, 0.15) is 5.82 Å². The van der Waals surface area contributed by atoms with Gasteiger partial charge in [-0.05, 0) is 35.0 Å². The third-order valence-electron chi connectivity index (χ3n) is 2.45. The minimum atomic E-state index is 0.0360. The van der Waals surface area contributed by atoms with Gasteiger partial charge >= 0.3 is 0 Å². The van der Waals surface area contributed by atoms with Crippen LogP contribution in [0.15, 0.2) is 22.8 Å². The van der Waals surface area contributed by atoms with E-state index in [2.05, 4.69) is 32.7 Å². The molecule has 5 heteroatoms. The van der Waals surface area contributed by atoms with E-state index in [4.69, 9.17) is 11.1 Å². The molecule has 1 heterocycles. The van der Waals surface area contributed by atoms with Crippen LogP contribution in [-0.2, 0) is 0 Å². The Morgan fingerprint density at radius 3 is 2.88 bits per heavy atom. The van der Waals surface area contributed by atoms with Gasteiger partial charge in [-0.1, -0.05) is 6.92 Å². The van der Waals surface area contributed by atoms with E-state index in [-0.39, 0.29) is 11.8 Å². The SMILES string of the molecule is CCN(CC(C)C(=N)N)c1ncccc1Br. The van der Waals surface area contributed by atoms with Crippen LogP contribution >= 0.6 is 15.9 Å².